The van der Waals surface area contributed by atoms with Gasteiger partial charge in [-0.25, -0.2) is 0 Å². The zero-order valence-electron chi connectivity index (χ0n) is 24.7. The minimum atomic E-state index is -0.452. The van der Waals surface area contributed by atoms with Crippen LogP contribution in [0.2, 0.25) is 0 Å². The van der Waals surface area contributed by atoms with Crippen LogP contribution in [-0.4, -0.2) is 98.8 Å². The number of methoxy groups -OCH3 is 2. The van der Waals surface area contributed by atoms with E-state index in [1.54, 1.807) is 33.2 Å². The summed E-state index contributed by atoms with van der Waals surface area (Å²) < 4.78 is 11.7. The first-order chi connectivity index (χ1) is 17.4. The Labute approximate surface area is 224 Å². The Morgan fingerprint density at radius 3 is 2.16 bits per heavy atom. The molecule has 214 valence electrons. The first kappa shape index (κ1) is 31.5. The summed E-state index contributed by atoms with van der Waals surface area (Å²) in [5.41, 5.74) is 0. The summed E-state index contributed by atoms with van der Waals surface area (Å²) in [6.07, 6.45) is 2.63. The number of piperidine rings is 1. The lowest BCUT2D eigenvalue weighted by Gasteiger charge is -2.40. The highest BCUT2D eigenvalue weighted by Gasteiger charge is 2.56. The maximum Gasteiger partial charge on any atom is 0.242 e. The van der Waals surface area contributed by atoms with Crippen LogP contribution in [0, 0.1) is 23.7 Å². The van der Waals surface area contributed by atoms with Crippen molar-refractivity contribution >= 4 is 17.7 Å². The van der Waals surface area contributed by atoms with E-state index >= 15 is 0 Å². The number of carbonyl (C=O) groups excluding carboxylic acids is 3. The molecule has 9 nitrogen and oxygen atoms in total. The topological polar surface area (TPSA) is 100 Å². The molecule has 1 aliphatic carbocycles. The van der Waals surface area contributed by atoms with E-state index in [1.807, 2.05) is 13.8 Å². The quantitative estimate of drug-likeness (QED) is 0.341. The molecule has 0 radical (unpaired) electrons. The highest BCUT2D eigenvalue weighted by molar-refractivity contribution is 5.87. The molecule has 2 N–H and O–H groups in total. The summed E-state index contributed by atoms with van der Waals surface area (Å²) >= 11 is 0. The second kappa shape index (κ2) is 13.9. The molecule has 2 aliphatic rings. The molecule has 37 heavy (non-hydrogen) atoms. The van der Waals surface area contributed by atoms with Crippen LogP contribution in [0.4, 0.5) is 0 Å². The Bertz CT molecular complexity index is 776. The second-order valence-corrected chi connectivity index (χ2v) is 11.7. The third-order valence-electron chi connectivity index (χ3n) is 8.54. The highest BCUT2D eigenvalue weighted by Crippen LogP contribution is 2.50. The molecule has 0 spiro atoms. The van der Waals surface area contributed by atoms with Gasteiger partial charge in [0.15, 0.2) is 0 Å². The van der Waals surface area contributed by atoms with Crippen molar-refractivity contribution in [3.8, 4) is 0 Å². The van der Waals surface area contributed by atoms with Gasteiger partial charge in [-0.3, -0.25) is 14.4 Å². The first-order valence-corrected chi connectivity index (χ1v) is 14.0. The number of ether oxygens (including phenoxy) is 2. The molecule has 8 atom stereocenters. The van der Waals surface area contributed by atoms with Crippen LogP contribution in [0.1, 0.15) is 67.2 Å². The van der Waals surface area contributed by atoms with E-state index < -0.39 is 6.10 Å². The summed E-state index contributed by atoms with van der Waals surface area (Å²) in [6.45, 7) is 12.2. The molecule has 1 aliphatic heterocycles. The SMILES string of the molecule is CCC(C)C(C(CC(=O)N1C2CC2CC1C(OC)C(C)C)OC)N(C)C(=O)CNC(=O)C(NC)C(C)C. The molecule has 1 saturated heterocycles. The molecular weight excluding hydrogens is 472 g/mol. The van der Waals surface area contributed by atoms with E-state index in [4.69, 9.17) is 9.47 Å². The minimum Gasteiger partial charge on any atom is -0.379 e. The van der Waals surface area contributed by atoms with Crippen LogP contribution in [0.5, 0.6) is 0 Å². The van der Waals surface area contributed by atoms with Crippen LogP contribution in [0.3, 0.4) is 0 Å². The van der Waals surface area contributed by atoms with E-state index in [-0.39, 0.29) is 66.8 Å². The van der Waals surface area contributed by atoms with E-state index in [1.165, 1.54) is 0 Å². The molecule has 0 aromatic rings. The van der Waals surface area contributed by atoms with Gasteiger partial charge < -0.3 is 29.9 Å². The van der Waals surface area contributed by atoms with Crippen molar-refractivity contribution in [1.29, 1.82) is 0 Å². The standard InChI is InChI=1S/C28H52N4O5/c1-11-18(6)26(31(8)24(34)15-30-28(35)25(29-7)16(2)3)22(36-9)14-23(33)32-20-12-19(20)13-21(32)27(37-10)17(4)5/h16-22,25-27,29H,11-15H2,1-10H3,(H,30,35). The first-order valence-electron chi connectivity index (χ1n) is 14.0. The summed E-state index contributed by atoms with van der Waals surface area (Å²) in [5, 5.41) is 5.78. The maximum absolute atomic E-state index is 13.7. The van der Waals surface area contributed by atoms with Crippen LogP contribution < -0.4 is 10.6 Å². The Hall–Kier alpha value is -1.71. The number of nitrogens with one attached hydrogen (secondary N) is 2. The van der Waals surface area contributed by atoms with E-state index in [0.29, 0.717) is 17.9 Å². The normalized spacial score (nSPS) is 24.9. The fourth-order valence-corrected chi connectivity index (χ4v) is 6.22. The predicted molar refractivity (Wildman–Crippen MR) is 145 cm³/mol. The molecule has 3 amide bonds. The Kier molecular flexibility index (Phi) is 11.8. The Morgan fingerprint density at radius 1 is 1.03 bits per heavy atom. The van der Waals surface area contributed by atoms with Gasteiger partial charge >= 0.3 is 0 Å². The summed E-state index contributed by atoms with van der Waals surface area (Å²) in [7, 11) is 6.83. The van der Waals surface area contributed by atoms with Gasteiger partial charge in [0.2, 0.25) is 17.7 Å². The molecule has 1 heterocycles. The van der Waals surface area contributed by atoms with Crippen molar-refractivity contribution in [2.75, 3.05) is 34.9 Å². The number of hydrogen-bond acceptors (Lipinski definition) is 6. The lowest BCUT2D eigenvalue weighted by Crippen LogP contribution is -2.55. The number of fused-ring (bicyclic) bond motifs is 1. The highest BCUT2D eigenvalue weighted by atomic mass is 16.5. The summed E-state index contributed by atoms with van der Waals surface area (Å²) in [6, 6.07) is -0.289. The lowest BCUT2D eigenvalue weighted by molar-refractivity contribution is -0.145. The zero-order chi connectivity index (χ0) is 28.0. The predicted octanol–water partition coefficient (Wildman–Crippen LogP) is 2.29. The number of hydrogen-bond donors (Lipinski definition) is 2. The second-order valence-electron chi connectivity index (χ2n) is 11.7. The van der Waals surface area contributed by atoms with Crippen molar-refractivity contribution < 1.29 is 23.9 Å². The van der Waals surface area contributed by atoms with Crippen molar-refractivity contribution in [3.05, 3.63) is 0 Å². The minimum absolute atomic E-state index is 0.00301. The number of amides is 3. The van der Waals surface area contributed by atoms with Crippen LogP contribution in [0.15, 0.2) is 0 Å². The lowest BCUT2D eigenvalue weighted by atomic mass is 9.90. The van der Waals surface area contributed by atoms with Gasteiger partial charge in [0, 0.05) is 27.3 Å². The molecule has 0 aromatic carbocycles. The molecule has 9 heteroatoms. The smallest absolute Gasteiger partial charge is 0.242 e. The van der Waals surface area contributed by atoms with E-state index in [2.05, 4.69) is 43.2 Å². The van der Waals surface area contributed by atoms with Crippen LogP contribution in [-0.2, 0) is 23.9 Å². The Morgan fingerprint density at radius 2 is 1.68 bits per heavy atom. The molecule has 0 bridgehead atoms. The molecule has 2 fully saturated rings. The third-order valence-corrected chi connectivity index (χ3v) is 8.54. The largest absolute Gasteiger partial charge is 0.379 e. The van der Waals surface area contributed by atoms with Crippen molar-refractivity contribution in [2.24, 2.45) is 23.7 Å². The number of nitrogens with zero attached hydrogens (tertiary/aromatic N) is 2. The van der Waals surface area contributed by atoms with Crippen molar-refractivity contribution in [1.82, 2.24) is 20.4 Å². The van der Waals surface area contributed by atoms with E-state index in [0.717, 1.165) is 19.3 Å². The number of likely N-dealkylation sites (N-methyl/N-ethyl adjacent to an activating group) is 2. The number of rotatable bonds is 15. The molecule has 2 rings (SSSR count). The Balaban J connectivity index is 2.14. The molecular formula is C28H52N4O5. The van der Waals surface area contributed by atoms with E-state index in [9.17, 15) is 14.4 Å². The fourth-order valence-electron chi connectivity index (χ4n) is 6.22. The summed E-state index contributed by atoms with van der Waals surface area (Å²) in [5.74, 6) is 0.753. The van der Waals surface area contributed by atoms with Gasteiger partial charge in [-0.05, 0) is 43.6 Å². The maximum atomic E-state index is 13.7. The zero-order valence-corrected chi connectivity index (χ0v) is 24.7. The van der Waals surface area contributed by atoms with Gasteiger partial charge in [-0.15, -0.1) is 0 Å². The van der Waals surface area contributed by atoms with Gasteiger partial charge in [0.25, 0.3) is 0 Å². The van der Waals surface area contributed by atoms with Crippen molar-refractivity contribution in [2.45, 2.75) is 104 Å². The average molecular weight is 525 g/mol. The third kappa shape index (κ3) is 7.45. The average Bonchev–Trinajstić information content (AvgIpc) is 3.51. The molecule has 8 unspecified atom stereocenters. The van der Waals surface area contributed by atoms with Crippen molar-refractivity contribution in [3.63, 3.8) is 0 Å². The number of likely N-dealkylation sites (tertiary alicyclic amines) is 1. The van der Waals surface area contributed by atoms with Gasteiger partial charge in [-0.1, -0.05) is 48.0 Å². The van der Waals surface area contributed by atoms with Crippen LogP contribution in [0.25, 0.3) is 0 Å². The monoisotopic (exact) mass is 524 g/mol. The summed E-state index contributed by atoms with van der Waals surface area (Å²) in [4.78, 5) is 43.2. The molecule has 0 aromatic heterocycles. The van der Waals surface area contributed by atoms with Crippen LogP contribution >= 0.6 is 0 Å². The van der Waals surface area contributed by atoms with Gasteiger partial charge in [0.05, 0.1) is 43.3 Å². The fraction of sp³-hybridized carbons (Fsp3) is 0.893. The molecule has 1 saturated carbocycles. The number of carbonyl (C=O) groups is 3. The van der Waals surface area contributed by atoms with Gasteiger partial charge in [0.1, 0.15) is 0 Å². The van der Waals surface area contributed by atoms with Gasteiger partial charge in [-0.2, -0.15) is 0 Å².